The molecule has 0 spiro atoms. The Labute approximate surface area is 91.2 Å². The number of nitriles is 1. The van der Waals surface area contributed by atoms with E-state index in [0.717, 1.165) is 0 Å². The molecule has 0 atom stereocenters. The Morgan fingerprint density at radius 1 is 1.53 bits per heavy atom. The van der Waals surface area contributed by atoms with Crippen LogP contribution in [-0.4, -0.2) is 4.92 Å². The van der Waals surface area contributed by atoms with Gasteiger partial charge in [-0.15, -0.1) is 0 Å². The van der Waals surface area contributed by atoms with Crippen LogP contribution in [0.1, 0.15) is 12.0 Å². The fourth-order valence-corrected chi connectivity index (χ4v) is 1.18. The molecule has 0 aliphatic heterocycles. The highest BCUT2D eigenvalue weighted by molar-refractivity contribution is 6.32. The monoisotopic (exact) mass is 220 g/mol. The van der Waals surface area contributed by atoms with Crippen LogP contribution >= 0.6 is 11.6 Å². The zero-order chi connectivity index (χ0) is 11.3. The lowest BCUT2D eigenvalue weighted by molar-refractivity contribution is -0.385. The highest BCUT2D eigenvalue weighted by atomic mass is 35.5. The minimum atomic E-state index is -0.553. The first-order valence-corrected chi connectivity index (χ1v) is 4.33. The van der Waals surface area contributed by atoms with Gasteiger partial charge in [-0.1, -0.05) is 29.5 Å². The van der Waals surface area contributed by atoms with Crippen molar-refractivity contribution in [3.05, 3.63) is 38.9 Å². The molecule has 0 saturated carbocycles. The quantitative estimate of drug-likeness (QED) is 0.415. The Hall–Kier alpha value is -2.04. The molecule has 0 amide bonds. The predicted octanol–water partition coefficient (Wildman–Crippen LogP) is 2.51. The van der Waals surface area contributed by atoms with E-state index in [1.165, 1.54) is 18.2 Å². The molecule has 74 valence electrons. The molecule has 0 aliphatic carbocycles. The summed E-state index contributed by atoms with van der Waals surface area (Å²) >= 11 is 5.76. The predicted molar refractivity (Wildman–Crippen MR) is 55.2 cm³/mol. The van der Waals surface area contributed by atoms with Gasteiger partial charge in [-0.2, -0.15) is 5.26 Å². The zero-order valence-corrected chi connectivity index (χ0v) is 8.28. The van der Waals surface area contributed by atoms with Crippen LogP contribution in [0, 0.1) is 33.3 Å². The maximum absolute atomic E-state index is 10.6. The molecule has 1 aromatic carbocycles. The first kappa shape index (κ1) is 11.0. The van der Waals surface area contributed by atoms with Crippen molar-refractivity contribution in [3.8, 4) is 17.9 Å². The van der Waals surface area contributed by atoms with Gasteiger partial charge in [0, 0.05) is 6.07 Å². The summed E-state index contributed by atoms with van der Waals surface area (Å²) in [4.78, 5) is 10.1. The van der Waals surface area contributed by atoms with Crippen LogP contribution in [0.5, 0.6) is 0 Å². The highest BCUT2D eigenvalue weighted by Crippen LogP contribution is 2.24. The first-order chi connectivity index (χ1) is 7.16. The maximum Gasteiger partial charge on any atom is 0.286 e. The van der Waals surface area contributed by atoms with Crippen LogP contribution in [0.25, 0.3) is 0 Å². The summed E-state index contributed by atoms with van der Waals surface area (Å²) in [5, 5.41) is 19.1. The van der Waals surface area contributed by atoms with Gasteiger partial charge in [0.15, 0.2) is 0 Å². The Kier molecular flexibility index (Phi) is 3.68. The van der Waals surface area contributed by atoms with E-state index in [2.05, 4.69) is 11.8 Å². The van der Waals surface area contributed by atoms with Gasteiger partial charge in [-0.3, -0.25) is 10.1 Å². The summed E-state index contributed by atoms with van der Waals surface area (Å²) in [7, 11) is 0. The molecule has 0 radical (unpaired) electrons. The third-order valence-electron chi connectivity index (χ3n) is 1.57. The molecular weight excluding hydrogens is 216 g/mol. The van der Waals surface area contributed by atoms with E-state index in [1.807, 2.05) is 6.07 Å². The van der Waals surface area contributed by atoms with Gasteiger partial charge in [0.1, 0.15) is 5.56 Å². The molecule has 5 heteroatoms. The summed E-state index contributed by atoms with van der Waals surface area (Å²) in [6.45, 7) is 0. The summed E-state index contributed by atoms with van der Waals surface area (Å²) < 4.78 is 0. The second kappa shape index (κ2) is 4.99. The molecule has 0 fully saturated rings. The summed E-state index contributed by atoms with van der Waals surface area (Å²) in [6.07, 6.45) is 0.0162. The van der Waals surface area contributed by atoms with E-state index >= 15 is 0 Å². The molecule has 15 heavy (non-hydrogen) atoms. The molecule has 1 aromatic rings. The van der Waals surface area contributed by atoms with Crippen molar-refractivity contribution in [2.75, 3.05) is 0 Å². The number of hydrogen-bond donors (Lipinski definition) is 0. The third kappa shape index (κ3) is 2.70. The molecule has 0 aliphatic rings. The minimum Gasteiger partial charge on any atom is -0.258 e. The number of nitro benzene ring substituents is 1. The van der Waals surface area contributed by atoms with Crippen LogP contribution in [0.15, 0.2) is 18.2 Å². The highest BCUT2D eigenvalue weighted by Gasteiger charge is 2.13. The first-order valence-electron chi connectivity index (χ1n) is 3.95. The molecule has 0 N–H and O–H groups in total. The van der Waals surface area contributed by atoms with Crippen LogP contribution < -0.4 is 0 Å². The number of nitrogens with zero attached hydrogens (tertiary/aromatic N) is 2. The van der Waals surface area contributed by atoms with Crippen LogP contribution in [0.4, 0.5) is 5.69 Å². The van der Waals surface area contributed by atoms with E-state index in [9.17, 15) is 10.1 Å². The molecule has 0 bridgehead atoms. The van der Waals surface area contributed by atoms with Crippen molar-refractivity contribution in [2.45, 2.75) is 6.42 Å². The Morgan fingerprint density at radius 2 is 2.27 bits per heavy atom. The van der Waals surface area contributed by atoms with Crippen molar-refractivity contribution in [2.24, 2.45) is 0 Å². The van der Waals surface area contributed by atoms with Gasteiger partial charge in [-0.25, -0.2) is 0 Å². The van der Waals surface area contributed by atoms with E-state index in [1.54, 1.807) is 0 Å². The van der Waals surface area contributed by atoms with Gasteiger partial charge >= 0.3 is 0 Å². The van der Waals surface area contributed by atoms with Crippen LogP contribution in [0.2, 0.25) is 5.02 Å². The smallest absolute Gasteiger partial charge is 0.258 e. The van der Waals surface area contributed by atoms with Crippen molar-refractivity contribution < 1.29 is 4.92 Å². The van der Waals surface area contributed by atoms with E-state index in [-0.39, 0.29) is 22.7 Å². The Bertz CT molecular complexity index is 494. The molecular formula is C10H5ClN2O2. The van der Waals surface area contributed by atoms with Crippen LogP contribution in [-0.2, 0) is 0 Å². The van der Waals surface area contributed by atoms with Gasteiger partial charge in [0.25, 0.3) is 5.69 Å². The minimum absolute atomic E-state index is 0.0162. The van der Waals surface area contributed by atoms with E-state index in [4.69, 9.17) is 16.9 Å². The van der Waals surface area contributed by atoms with Crippen molar-refractivity contribution in [3.63, 3.8) is 0 Å². The standard InChI is InChI=1S/C10H5ClN2O2/c11-9-5-3-6-10(13(14)15)8(9)4-1-2-7-12/h3,5-6H,2H2. The van der Waals surface area contributed by atoms with E-state index in [0.29, 0.717) is 0 Å². The van der Waals surface area contributed by atoms with Gasteiger partial charge < -0.3 is 0 Å². The normalized spacial score (nSPS) is 8.53. The second-order valence-corrected chi connectivity index (χ2v) is 2.93. The Morgan fingerprint density at radius 3 is 2.87 bits per heavy atom. The lowest BCUT2D eigenvalue weighted by Crippen LogP contribution is -1.92. The summed E-state index contributed by atoms with van der Waals surface area (Å²) in [5.74, 6) is 5.01. The maximum atomic E-state index is 10.6. The fourth-order valence-electron chi connectivity index (χ4n) is 0.961. The number of rotatable bonds is 1. The van der Waals surface area contributed by atoms with Gasteiger partial charge in [0.2, 0.25) is 0 Å². The fraction of sp³-hybridized carbons (Fsp3) is 0.100. The van der Waals surface area contributed by atoms with Crippen molar-refractivity contribution in [1.29, 1.82) is 5.26 Å². The lowest BCUT2D eigenvalue weighted by atomic mass is 10.2. The van der Waals surface area contributed by atoms with Crippen molar-refractivity contribution in [1.82, 2.24) is 0 Å². The van der Waals surface area contributed by atoms with Crippen molar-refractivity contribution >= 4 is 17.3 Å². The molecule has 0 aromatic heterocycles. The lowest BCUT2D eigenvalue weighted by Gasteiger charge is -1.96. The number of nitro groups is 1. The Balaban J connectivity index is 3.22. The molecule has 0 saturated heterocycles. The average molecular weight is 221 g/mol. The average Bonchev–Trinajstić information content (AvgIpc) is 2.20. The third-order valence-corrected chi connectivity index (χ3v) is 1.88. The number of halogens is 1. The SMILES string of the molecule is N#CCC#Cc1c(Cl)cccc1[N+](=O)[O-]. The molecule has 0 heterocycles. The number of benzene rings is 1. The molecule has 4 nitrogen and oxygen atoms in total. The largest absolute Gasteiger partial charge is 0.286 e. The van der Waals surface area contributed by atoms with E-state index < -0.39 is 4.92 Å². The van der Waals surface area contributed by atoms with Crippen LogP contribution in [0.3, 0.4) is 0 Å². The molecule has 0 unspecified atom stereocenters. The summed E-state index contributed by atoms with van der Waals surface area (Å²) in [5.41, 5.74) is 0.00681. The second-order valence-electron chi connectivity index (χ2n) is 2.53. The number of hydrogen-bond acceptors (Lipinski definition) is 3. The van der Waals surface area contributed by atoms with Gasteiger partial charge in [-0.05, 0) is 6.07 Å². The molecule has 1 rings (SSSR count). The summed E-state index contributed by atoms with van der Waals surface area (Å²) in [6, 6.07) is 6.14. The van der Waals surface area contributed by atoms with Gasteiger partial charge in [0.05, 0.1) is 22.4 Å². The zero-order valence-electron chi connectivity index (χ0n) is 7.53. The topological polar surface area (TPSA) is 66.9 Å².